The van der Waals surface area contributed by atoms with E-state index >= 15 is 0 Å². The van der Waals surface area contributed by atoms with Gasteiger partial charge in [0, 0.05) is 16.7 Å². The highest BCUT2D eigenvalue weighted by molar-refractivity contribution is 14.1. The number of hydrogen-bond donors (Lipinski definition) is 8. The second kappa shape index (κ2) is 12.6. The van der Waals surface area contributed by atoms with Crippen LogP contribution in [0.4, 0.5) is 5.69 Å². The Morgan fingerprint density at radius 1 is 0.897 bits per heavy atom. The summed E-state index contributed by atoms with van der Waals surface area (Å²) in [7, 11) is 0. The van der Waals surface area contributed by atoms with E-state index in [1.54, 1.807) is 45.2 Å². The van der Waals surface area contributed by atoms with Crippen LogP contribution in [0.3, 0.4) is 0 Å². The lowest BCUT2D eigenvalue weighted by atomic mass is 10.1. The third kappa shape index (κ3) is 7.58. The van der Waals surface area contributed by atoms with Crippen LogP contribution in [0.15, 0.2) is 6.07 Å². The van der Waals surface area contributed by atoms with Crippen molar-refractivity contribution in [3.63, 3.8) is 0 Å². The molecule has 11 nitrogen and oxygen atoms in total. The third-order valence-electron chi connectivity index (χ3n) is 3.51. The van der Waals surface area contributed by atoms with Crippen LogP contribution < -0.4 is 16.0 Å². The molecule has 0 aliphatic carbocycles. The number of amides is 3. The molecule has 0 aromatic heterocycles. The Morgan fingerprint density at radius 2 is 1.41 bits per heavy atom. The normalized spacial score (nSPS) is 12.8. The number of rotatable bonds is 10. The molecule has 13 heteroatoms. The Balaban J connectivity index is 3.33. The molecule has 0 aliphatic heterocycles. The Hall–Kier alpha value is -1.11. The molecule has 8 N–H and O–H groups in total. The SMILES string of the molecule is O=C(CO)Nc1cc(C(=O)NCC(O)CO)c(I)c(C(=O)NCC(O)CO)c1I. The third-order valence-corrected chi connectivity index (χ3v) is 5.75. The predicted octanol–water partition coefficient (Wildman–Crippen LogP) is -2.01. The van der Waals surface area contributed by atoms with Gasteiger partial charge in [-0.2, -0.15) is 0 Å². The van der Waals surface area contributed by atoms with Crippen LogP contribution in [0.2, 0.25) is 0 Å². The Bertz CT molecular complexity index is 762. The summed E-state index contributed by atoms with van der Waals surface area (Å²) in [6.45, 7) is -2.39. The minimum Gasteiger partial charge on any atom is -0.394 e. The fourth-order valence-electron chi connectivity index (χ4n) is 2.02. The number of aliphatic hydroxyl groups is 5. The molecule has 1 rings (SSSR count). The van der Waals surface area contributed by atoms with Crippen LogP contribution >= 0.6 is 45.2 Å². The molecule has 1 aromatic rings. The number of aliphatic hydroxyl groups excluding tert-OH is 5. The number of benzene rings is 1. The number of nitrogens with one attached hydrogen (secondary N) is 3. The van der Waals surface area contributed by atoms with E-state index in [1.807, 2.05) is 0 Å². The maximum absolute atomic E-state index is 12.6. The van der Waals surface area contributed by atoms with Gasteiger partial charge in [0.25, 0.3) is 11.8 Å². The highest BCUT2D eigenvalue weighted by atomic mass is 127. The highest BCUT2D eigenvalue weighted by Gasteiger charge is 2.25. The summed E-state index contributed by atoms with van der Waals surface area (Å²) in [5.74, 6) is -2.08. The molecular formula is C16H21I2N3O8. The molecule has 0 saturated heterocycles. The van der Waals surface area contributed by atoms with Crippen molar-refractivity contribution in [3.8, 4) is 0 Å². The van der Waals surface area contributed by atoms with E-state index in [1.165, 1.54) is 6.07 Å². The fraction of sp³-hybridized carbons (Fsp3) is 0.438. The molecule has 2 atom stereocenters. The first-order chi connectivity index (χ1) is 13.7. The van der Waals surface area contributed by atoms with E-state index < -0.39 is 49.8 Å². The highest BCUT2D eigenvalue weighted by Crippen LogP contribution is 2.30. The van der Waals surface area contributed by atoms with E-state index in [4.69, 9.17) is 15.3 Å². The molecule has 162 valence electrons. The van der Waals surface area contributed by atoms with Crippen LogP contribution in [-0.2, 0) is 4.79 Å². The van der Waals surface area contributed by atoms with Gasteiger partial charge < -0.3 is 41.5 Å². The van der Waals surface area contributed by atoms with Crippen LogP contribution in [0, 0.1) is 7.14 Å². The van der Waals surface area contributed by atoms with Gasteiger partial charge in [0.2, 0.25) is 5.91 Å². The molecule has 29 heavy (non-hydrogen) atoms. The first-order valence-electron chi connectivity index (χ1n) is 8.23. The van der Waals surface area contributed by atoms with Gasteiger partial charge in [-0.15, -0.1) is 0 Å². The topological polar surface area (TPSA) is 188 Å². The van der Waals surface area contributed by atoms with Crippen molar-refractivity contribution in [2.45, 2.75) is 12.2 Å². The zero-order valence-electron chi connectivity index (χ0n) is 15.0. The summed E-state index contributed by atoms with van der Waals surface area (Å²) in [5.41, 5.74) is 0.156. The zero-order valence-corrected chi connectivity index (χ0v) is 19.3. The molecule has 1 aromatic carbocycles. The van der Waals surface area contributed by atoms with Crippen LogP contribution in [0.5, 0.6) is 0 Å². The summed E-state index contributed by atoms with van der Waals surface area (Å²) in [6.07, 6.45) is -2.34. The van der Waals surface area contributed by atoms with Gasteiger partial charge in [0.05, 0.1) is 45.8 Å². The van der Waals surface area contributed by atoms with Crippen LogP contribution in [0.25, 0.3) is 0 Å². The van der Waals surface area contributed by atoms with Crippen LogP contribution in [0.1, 0.15) is 20.7 Å². The second-order valence-electron chi connectivity index (χ2n) is 5.77. The van der Waals surface area contributed by atoms with Gasteiger partial charge in [-0.25, -0.2) is 0 Å². The number of carbonyl (C=O) groups is 3. The van der Waals surface area contributed by atoms with Crippen molar-refractivity contribution in [2.24, 2.45) is 0 Å². The van der Waals surface area contributed by atoms with Crippen molar-refractivity contribution in [1.29, 1.82) is 0 Å². The van der Waals surface area contributed by atoms with Crippen molar-refractivity contribution in [3.05, 3.63) is 24.3 Å². The molecule has 2 unspecified atom stereocenters. The molecule has 0 spiro atoms. The number of anilines is 1. The minimum atomic E-state index is -1.17. The average molecular weight is 637 g/mol. The van der Waals surface area contributed by atoms with E-state index in [2.05, 4.69) is 16.0 Å². The largest absolute Gasteiger partial charge is 0.394 e. The molecule has 0 fully saturated rings. The lowest BCUT2D eigenvalue weighted by Gasteiger charge is -2.18. The van der Waals surface area contributed by atoms with E-state index in [-0.39, 0.29) is 37.0 Å². The summed E-state index contributed by atoms with van der Waals surface area (Å²) in [5, 5.41) is 52.7. The van der Waals surface area contributed by atoms with Gasteiger partial charge in [-0.3, -0.25) is 14.4 Å². The van der Waals surface area contributed by atoms with E-state index in [9.17, 15) is 24.6 Å². The molecule has 0 bridgehead atoms. The van der Waals surface area contributed by atoms with Crippen molar-refractivity contribution in [2.75, 3.05) is 38.2 Å². The van der Waals surface area contributed by atoms with Crippen molar-refractivity contribution < 1.29 is 39.9 Å². The lowest BCUT2D eigenvalue weighted by Crippen LogP contribution is -2.36. The Morgan fingerprint density at radius 3 is 1.90 bits per heavy atom. The molecule has 0 heterocycles. The van der Waals surface area contributed by atoms with Gasteiger partial charge in [0.1, 0.15) is 6.61 Å². The molecule has 0 aliphatic rings. The predicted molar refractivity (Wildman–Crippen MR) is 118 cm³/mol. The maximum atomic E-state index is 12.6. The maximum Gasteiger partial charge on any atom is 0.253 e. The number of hydrogen-bond acceptors (Lipinski definition) is 8. The van der Waals surface area contributed by atoms with Crippen LogP contribution in [-0.4, -0.2) is 88.4 Å². The summed E-state index contributed by atoms with van der Waals surface area (Å²) < 4.78 is 0.526. The first kappa shape index (κ1) is 25.9. The second-order valence-corrected chi connectivity index (χ2v) is 7.93. The number of carbonyl (C=O) groups excluding carboxylic acids is 3. The number of halogens is 2. The standard InChI is InChI=1S/C16H21I2N3O8/c17-13-9(15(28)19-2-7(25)4-22)1-10(21-11(27)6-24)14(18)12(13)16(29)20-3-8(26)5-23/h1,7-8,22-26H,2-6H2,(H,19,28)(H,20,29)(H,21,27). The molecular weight excluding hydrogens is 616 g/mol. The molecule has 0 radical (unpaired) electrons. The first-order valence-corrected chi connectivity index (χ1v) is 10.4. The summed E-state index contributed by atoms with van der Waals surface area (Å²) in [4.78, 5) is 36.7. The minimum absolute atomic E-state index is 0.0113. The van der Waals surface area contributed by atoms with E-state index in [0.717, 1.165) is 0 Å². The Kier molecular flexibility index (Phi) is 11.2. The quantitative estimate of drug-likeness (QED) is 0.135. The smallest absolute Gasteiger partial charge is 0.253 e. The van der Waals surface area contributed by atoms with Gasteiger partial charge in [-0.1, -0.05) is 0 Å². The molecule has 3 amide bonds. The van der Waals surface area contributed by atoms with Gasteiger partial charge in [0.15, 0.2) is 0 Å². The monoisotopic (exact) mass is 637 g/mol. The summed E-state index contributed by atoms with van der Waals surface area (Å²) >= 11 is 3.57. The van der Waals surface area contributed by atoms with Gasteiger partial charge >= 0.3 is 0 Å². The average Bonchev–Trinajstić information content (AvgIpc) is 2.71. The van der Waals surface area contributed by atoms with Crippen molar-refractivity contribution >= 4 is 68.6 Å². The van der Waals surface area contributed by atoms with E-state index in [0.29, 0.717) is 0 Å². The summed E-state index contributed by atoms with van der Waals surface area (Å²) in [6, 6.07) is 1.32. The van der Waals surface area contributed by atoms with Crippen molar-refractivity contribution in [1.82, 2.24) is 10.6 Å². The Labute approximate surface area is 193 Å². The zero-order chi connectivity index (χ0) is 22.1. The van der Waals surface area contributed by atoms with Gasteiger partial charge in [-0.05, 0) is 51.2 Å². The molecule has 0 saturated carbocycles. The fourth-order valence-corrected chi connectivity index (χ4v) is 4.25. The lowest BCUT2D eigenvalue weighted by molar-refractivity contribution is -0.118.